The summed E-state index contributed by atoms with van der Waals surface area (Å²) in [5, 5.41) is 3.08. The van der Waals surface area contributed by atoms with Crippen LogP contribution in [0.1, 0.15) is 37.3 Å². The Bertz CT molecular complexity index is 513. The van der Waals surface area contributed by atoms with Crippen molar-refractivity contribution in [2.45, 2.75) is 38.0 Å². The molecule has 2 aliphatic rings. The SMILES string of the molecule is CC(CN)CNC(=O)C1CC12CCCc1ccccc12. The number of rotatable bonds is 4. The zero-order chi connectivity index (χ0) is 14.2. The van der Waals surface area contributed by atoms with Crippen LogP contribution >= 0.6 is 0 Å². The molecule has 1 amide bonds. The summed E-state index contributed by atoms with van der Waals surface area (Å²) in [4.78, 5) is 12.4. The van der Waals surface area contributed by atoms with E-state index in [0.717, 1.165) is 19.3 Å². The lowest BCUT2D eigenvalue weighted by atomic mass is 9.78. The number of carbonyl (C=O) groups excluding carboxylic acids is 1. The van der Waals surface area contributed by atoms with E-state index in [4.69, 9.17) is 5.73 Å². The first-order valence-corrected chi connectivity index (χ1v) is 7.73. The van der Waals surface area contributed by atoms with Crippen LogP contribution in [-0.2, 0) is 16.6 Å². The second-order valence-electron chi connectivity index (χ2n) is 6.51. The molecule has 3 N–H and O–H groups in total. The molecule has 108 valence electrons. The van der Waals surface area contributed by atoms with Crippen LogP contribution in [0.5, 0.6) is 0 Å². The van der Waals surface area contributed by atoms with E-state index in [2.05, 4.69) is 36.5 Å². The first kappa shape index (κ1) is 13.6. The highest BCUT2D eigenvalue weighted by Gasteiger charge is 2.59. The summed E-state index contributed by atoms with van der Waals surface area (Å²) in [6.45, 7) is 3.39. The molecule has 0 heterocycles. The first-order valence-electron chi connectivity index (χ1n) is 7.73. The summed E-state index contributed by atoms with van der Waals surface area (Å²) in [5.41, 5.74) is 8.62. The Labute approximate surface area is 120 Å². The second kappa shape index (κ2) is 5.21. The lowest BCUT2D eigenvalue weighted by Crippen LogP contribution is -2.34. The van der Waals surface area contributed by atoms with E-state index in [0.29, 0.717) is 19.0 Å². The fraction of sp³-hybridized carbons (Fsp3) is 0.588. The minimum Gasteiger partial charge on any atom is -0.356 e. The minimum atomic E-state index is 0.144. The number of hydrogen-bond acceptors (Lipinski definition) is 2. The molecular formula is C17H24N2O. The van der Waals surface area contributed by atoms with Crippen LogP contribution in [0.15, 0.2) is 24.3 Å². The Morgan fingerprint density at radius 3 is 3.10 bits per heavy atom. The Morgan fingerprint density at radius 1 is 1.50 bits per heavy atom. The van der Waals surface area contributed by atoms with Gasteiger partial charge in [-0.15, -0.1) is 0 Å². The van der Waals surface area contributed by atoms with E-state index in [1.54, 1.807) is 0 Å². The van der Waals surface area contributed by atoms with E-state index in [1.165, 1.54) is 17.5 Å². The molecule has 0 bridgehead atoms. The highest BCUT2D eigenvalue weighted by molar-refractivity contribution is 5.84. The monoisotopic (exact) mass is 272 g/mol. The molecule has 0 aliphatic heterocycles. The standard InChI is InChI=1S/C17H24N2O/c1-12(10-18)11-19-16(20)15-9-17(15)8-4-6-13-5-2-3-7-14(13)17/h2-3,5,7,12,15H,4,6,8-11,18H2,1H3,(H,19,20). The van der Waals surface area contributed by atoms with E-state index >= 15 is 0 Å². The third kappa shape index (κ3) is 2.24. The maximum atomic E-state index is 12.4. The van der Waals surface area contributed by atoms with Crippen molar-refractivity contribution in [3.63, 3.8) is 0 Å². The van der Waals surface area contributed by atoms with Gasteiger partial charge in [-0.05, 0) is 49.3 Å². The molecule has 3 rings (SSSR count). The van der Waals surface area contributed by atoms with Gasteiger partial charge in [0, 0.05) is 17.9 Å². The van der Waals surface area contributed by atoms with Crippen LogP contribution in [0.3, 0.4) is 0 Å². The molecular weight excluding hydrogens is 248 g/mol. The molecule has 3 nitrogen and oxygen atoms in total. The van der Waals surface area contributed by atoms with Crippen LogP contribution in [0.4, 0.5) is 0 Å². The van der Waals surface area contributed by atoms with Crippen molar-refractivity contribution in [1.82, 2.24) is 5.32 Å². The van der Waals surface area contributed by atoms with Crippen LogP contribution in [0.2, 0.25) is 0 Å². The topological polar surface area (TPSA) is 55.1 Å². The molecule has 3 atom stereocenters. The van der Waals surface area contributed by atoms with Crippen LogP contribution < -0.4 is 11.1 Å². The molecule has 1 saturated carbocycles. The van der Waals surface area contributed by atoms with E-state index in [9.17, 15) is 4.79 Å². The van der Waals surface area contributed by atoms with Gasteiger partial charge in [-0.3, -0.25) is 4.79 Å². The van der Waals surface area contributed by atoms with E-state index in [1.807, 2.05) is 0 Å². The zero-order valence-corrected chi connectivity index (χ0v) is 12.2. The van der Waals surface area contributed by atoms with Crippen molar-refractivity contribution < 1.29 is 4.79 Å². The van der Waals surface area contributed by atoms with Gasteiger partial charge >= 0.3 is 0 Å². The zero-order valence-electron chi connectivity index (χ0n) is 12.2. The van der Waals surface area contributed by atoms with Gasteiger partial charge in [0.25, 0.3) is 0 Å². The van der Waals surface area contributed by atoms with Crippen LogP contribution in [-0.4, -0.2) is 19.0 Å². The highest BCUT2D eigenvalue weighted by Crippen LogP contribution is 2.60. The maximum Gasteiger partial charge on any atom is 0.224 e. The molecule has 1 aromatic carbocycles. The van der Waals surface area contributed by atoms with Gasteiger partial charge in [-0.2, -0.15) is 0 Å². The van der Waals surface area contributed by atoms with Gasteiger partial charge in [0.05, 0.1) is 0 Å². The summed E-state index contributed by atoms with van der Waals surface area (Å²) in [6.07, 6.45) is 4.55. The van der Waals surface area contributed by atoms with Crippen molar-refractivity contribution in [3.05, 3.63) is 35.4 Å². The normalized spacial score (nSPS) is 28.8. The van der Waals surface area contributed by atoms with E-state index < -0.39 is 0 Å². The van der Waals surface area contributed by atoms with Gasteiger partial charge in [-0.1, -0.05) is 31.2 Å². The Morgan fingerprint density at radius 2 is 2.30 bits per heavy atom. The Hall–Kier alpha value is -1.35. The van der Waals surface area contributed by atoms with Crippen molar-refractivity contribution in [3.8, 4) is 0 Å². The number of aryl methyl sites for hydroxylation is 1. The van der Waals surface area contributed by atoms with E-state index in [-0.39, 0.29) is 17.2 Å². The third-order valence-corrected chi connectivity index (χ3v) is 5.04. The second-order valence-corrected chi connectivity index (χ2v) is 6.51. The van der Waals surface area contributed by atoms with Gasteiger partial charge < -0.3 is 11.1 Å². The molecule has 0 aromatic heterocycles. The van der Waals surface area contributed by atoms with Gasteiger partial charge in [0.2, 0.25) is 5.91 Å². The lowest BCUT2D eigenvalue weighted by molar-refractivity contribution is -0.123. The van der Waals surface area contributed by atoms with Gasteiger partial charge in [0.1, 0.15) is 0 Å². The molecule has 1 spiro atoms. The van der Waals surface area contributed by atoms with Crippen molar-refractivity contribution in [2.75, 3.05) is 13.1 Å². The third-order valence-electron chi connectivity index (χ3n) is 5.04. The molecule has 20 heavy (non-hydrogen) atoms. The number of hydrogen-bond donors (Lipinski definition) is 2. The molecule has 1 aromatic rings. The molecule has 3 unspecified atom stereocenters. The van der Waals surface area contributed by atoms with Crippen molar-refractivity contribution in [1.29, 1.82) is 0 Å². The average Bonchev–Trinajstić information content (AvgIpc) is 3.20. The summed E-state index contributed by atoms with van der Waals surface area (Å²) in [6, 6.07) is 8.66. The lowest BCUT2D eigenvalue weighted by Gasteiger charge is -2.26. The molecule has 0 radical (unpaired) electrons. The first-order chi connectivity index (χ1) is 9.67. The predicted octanol–water partition coefficient (Wildman–Crippen LogP) is 1.99. The quantitative estimate of drug-likeness (QED) is 0.880. The molecule has 2 aliphatic carbocycles. The fourth-order valence-electron chi connectivity index (χ4n) is 3.66. The number of amides is 1. The Kier molecular flexibility index (Phi) is 3.55. The van der Waals surface area contributed by atoms with Crippen molar-refractivity contribution >= 4 is 5.91 Å². The van der Waals surface area contributed by atoms with Gasteiger partial charge in [0.15, 0.2) is 0 Å². The number of fused-ring (bicyclic) bond motifs is 2. The predicted molar refractivity (Wildman–Crippen MR) is 80.4 cm³/mol. The van der Waals surface area contributed by atoms with Gasteiger partial charge in [-0.25, -0.2) is 0 Å². The number of carbonyl (C=O) groups is 1. The minimum absolute atomic E-state index is 0.144. The van der Waals surface area contributed by atoms with Crippen LogP contribution in [0, 0.1) is 11.8 Å². The average molecular weight is 272 g/mol. The number of benzene rings is 1. The summed E-state index contributed by atoms with van der Waals surface area (Å²) in [7, 11) is 0. The smallest absolute Gasteiger partial charge is 0.224 e. The molecule has 0 saturated heterocycles. The fourth-order valence-corrected chi connectivity index (χ4v) is 3.66. The highest BCUT2D eigenvalue weighted by atomic mass is 16.2. The summed E-state index contributed by atoms with van der Waals surface area (Å²) in [5.74, 6) is 0.753. The molecule has 3 heteroatoms. The summed E-state index contributed by atoms with van der Waals surface area (Å²) >= 11 is 0. The number of nitrogens with two attached hydrogens (primary N) is 1. The number of nitrogens with one attached hydrogen (secondary N) is 1. The maximum absolute atomic E-state index is 12.4. The molecule has 1 fully saturated rings. The Balaban J connectivity index is 1.70. The van der Waals surface area contributed by atoms with Crippen molar-refractivity contribution in [2.24, 2.45) is 17.6 Å². The van der Waals surface area contributed by atoms with Crippen LogP contribution in [0.25, 0.3) is 0 Å². The largest absolute Gasteiger partial charge is 0.356 e. The summed E-state index contributed by atoms with van der Waals surface area (Å²) < 4.78 is 0.